The molecule has 128 valence electrons. The van der Waals surface area contributed by atoms with Crippen molar-refractivity contribution in [1.82, 2.24) is 14.7 Å². The monoisotopic (exact) mass is 327 g/mol. The molecule has 1 aliphatic rings. The van der Waals surface area contributed by atoms with Gasteiger partial charge >= 0.3 is 0 Å². The average Bonchev–Trinajstić information content (AvgIpc) is 2.99. The number of aromatic nitrogens is 2. The van der Waals surface area contributed by atoms with Crippen LogP contribution in [0.5, 0.6) is 0 Å². The van der Waals surface area contributed by atoms with Crippen molar-refractivity contribution in [2.75, 3.05) is 6.61 Å². The zero-order valence-electron chi connectivity index (χ0n) is 14.6. The summed E-state index contributed by atoms with van der Waals surface area (Å²) in [6.07, 6.45) is 4.16. The summed E-state index contributed by atoms with van der Waals surface area (Å²) in [5.41, 5.74) is 2.23. The van der Waals surface area contributed by atoms with E-state index < -0.39 is 0 Å². The van der Waals surface area contributed by atoms with Gasteiger partial charge in [-0.2, -0.15) is 5.10 Å². The lowest BCUT2D eigenvalue weighted by Crippen LogP contribution is -2.53. The van der Waals surface area contributed by atoms with Crippen LogP contribution in [0.4, 0.5) is 0 Å². The predicted molar refractivity (Wildman–Crippen MR) is 92.5 cm³/mol. The van der Waals surface area contributed by atoms with E-state index in [1.165, 1.54) is 0 Å². The molecule has 1 aromatic carbocycles. The summed E-state index contributed by atoms with van der Waals surface area (Å²) in [7, 11) is 0. The van der Waals surface area contributed by atoms with E-state index >= 15 is 0 Å². The Bertz CT molecular complexity index is 683. The summed E-state index contributed by atoms with van der Waals surface area (Å²) in [5.74, 6) is 0.160. The number of benzene rings is 1. The van der Waals surface area contributed by atoms with Gasteiger partial charge < -0.3 is 9.64 Å². The Hall–Kier alpha value is -2.14. The van der Waals surface area contributed by atoms with Crippen molar-refractivity contribution in [2.45, 2.75) is 51.9 Å². The number of carbonyl (C=O) groups excluding carboxylic acids is 1. The van der Waals surface area contributed by atoms with E-state index in [1.807, 2.05) is 54.0 Å². The van der Waals surface area contributed by atoms with Gasteiger partial charge in [0, 0.05) is 19.2 Å². The second-order valence-corrected chi connectivity index (χ2v) is 6.59. The number of aryl methyl sites for hydroxylation is 2. The highest BCUT2D eigenvalue weighted by Gasteiger charge is 2.36. The fourth-order valence-corrected chi connectivity index (χ4v) is 3.43. The molecular weight excluding hydrogens is 302 g/mol. The Kier molecular flexibility index (Phi) is 5.00. The van der Waals surface area contributed by atoms with Crippen LogP contribution in [-0.2, 0) is 16.1 Å². The molecule has 2 heterocycles. The van der Waals surface area contributed by atoms with Crippen molar-refractivity contribution in [3.8, 4) is 0 Å². The highest BCUT2D eigenvalue weighted by molar-refractivity contribution is 5.77. The molecule has 0 unspecified atom stereocenters. The number of hydrogen-bond donors (Lipinski definition) is 0. The van der Waals surface area contributed by atoms with E-state index in [4.69, 9.17) is 4.74 Å². The quantitative estimate of drug-likeness (QED) is 0.867. The van der Waals surface area contributed by atoms with E-state index in [0.717, 1.165) is 11.1 Å². The molecule has 3 rings (SSSR count). The number of morpholine rings is 1. The molecule has 1 aromatic heterocycles. The number of ether oxygens (including phenoxy) is 1. The van der Waals surface area contributed by atoms with Crippen molar-refractivity contribution >= 4 is 5.91 Å². The second kappa shape index (κ2) is 7.18. The summed E-state index contributed by atoms with van der Waals surface area (Å²) in [6, 6.07) is 10.2. The molecule has 1 fully saturated rings. The molecule has 0 radical (unpaired) electrons. The minimum Gasteiger partial charge on any atom is -0.369 e. The molecule has 0 saturated carbocycles. The van der Waals surface area contributed by atoms with E-state index in [9.17, 15) is 4.79 Å². The Morgan fingerprint density at radius 1 is 1.29 bits per heavy atom. The molecule has 0 spiro atoms. The van der Waals surface area contributed by atoms with Crippen LogP contribution in [0, 0.1) is 6.92 Å². The van der Waals surface area contributed by atoms with Crippen LogP contribution in [0.1, 0.15) is 37.5 Å². The first kappa shape index (κ1) is 16.7. The Morgan fingerprint density at radius 3 is 2.71 bits per heavy atom. The van der Waals surface area contributed by atoms with Crippen molar-refractivity contribution in [1.29, 1.82) is 0 Å². The first-order chi connectivity index (χ1) is 11.6. The molecule has 0 N–H and O–H groups in total. The zero-order valence-corrected chi connectivity index (χ0v) is 14.6. The van der Waals surface area contributed by atoms with Crippen LogP contribution in [0.2, 0.25) is 0 Å². The van der Waals surface area contributed by atoms with Crippen molar-refractivity contribution in [2.24, 2.45) is 0 Å². The van der Waals surface area contributed by atoms with Crippen LogP contribution >= 0.6 is 0 Å². The maximum atomic E-state index is 12.8. The number of rotatable bonds is 4. The molecule has 5 nitrogen and oxygen atoms in total. The van der Waals surface area contributed by atoms with Crippen LogP contribution in [0.3, 0.4) is 0 Å². The third-order valence-electron chi connectivity index (χ3n) is 4.60. The van der Waals surface area contributed by atoms with Crippen molar-refractivity contribution in [3.05, 3.63) is 53.9 Å². The number of nitrogens with zero attached hydrogens (tertiary/aromatic N) is 3. The fourth-order valence-electron chi connectivity index (χ4n) is 3.43. The third-order valence-corrected chi connectivity index (χ3v) is 4.60. The summed E-state index contributed by atoms with van der Waals surface area (Å²) in [5, 5.41) is 4.25. The van der Waals surface area contributed by atoms with Gasteiger partial charge in [0.2, 0.25) is 5.91 Å². The molecule has 1 amide bonds. The number of carbonyl (C=O) groups is 1. The third kappa shape index (κ3) is 3.51. The molecule has 3 atom stereocenters. The lowest BCUT2D eigenvalue weighted by Gasteiger charge is -2.44. The molecule has 1 saturated heterocycles. The summed E-state index contributed by atoms with van der Waals surface area (Å²) in [4.78, 5) is 14.8. The minimum atomic E-state index is -0.0710. The van der Waals surface area contributed by atoms with Gasteiger partial charge in [-0.15, -0.1) is 0 Å². The molecule has 0 aliphatic carbocycles. The molecule has 24 heavy (non-hydrogen) atoms. The second-order valence-electron chi connectivity index (χ2n) is 6.59. The van der Waals surface area contributed by atoms with Gasteiger partial charge in [-0.1, -0.05) is 30.3 Å². The molecule has 2 aromatic rings. The Morgan fingerprint density at radius 2 is 2.04 bits per heavy atom. The van der Waals surface area contributed by atoms with Gasteiger partial charge in [0.1, 0.15) is 6.10 Å². The fraction of sp³-hybridized carbons (Fsp3) is 0.474. The van der Waals surface area contributed by atoms with Crippen LogP contribution < -0.4 is 0 Å². The molecule has 5 heteroatoms. The first-order valence-corrected chi connectivity index (χ1v) is 8.53. The van der Waals surface area contributed by atoms with Gasteiger partial charge in [-0.25, -0.2) is 0 Å². The number of amides is 1. The molecule has 1 aliphatic heterocycles. The van der Waals surface area contributed by atoms with Crippen molar-refractivity contribution < 1.29 is 9.53 Å². The zero-order chi connectivity index (χ0) is 17.1. The highest BCUT2D eigenvalue weighted by atomic mass is 16.5. The molecular formula is C19H25N3O2. The van der Waals surface area contributed by atoms with Crippen LogP contribution in [-0.4, -0.2) is 39.3 Å². The topological polar surface area (TPSA) is 47.4 Å². The highest BCUT2D eigenvalue weighted by Crippen LogP contribution is 2.31. The Labute approximate surface area is 143 Å². The summed E-state index contributed by atoms with van der Waals surface area (Å²) >= 11 is 0. The minimum absolute atomic E-state index is 0.0167. The van der Waals surface area contributed by atoms with Gasteiger partial charge in [0.25, 0.3) is 0 Å². The summed E-state index contributed by atoms with van der Waals surface area (Å²) < 4.78 is 7.85. The smallest absolute Gasteiger partial charge is 0.225 e. The van der Waals surface area contributed by atoms with Crippen molar-refractivity contribution in [3.63, 3.8) is 0 Å². The number of hydrogen-bond acceptors (Lipinski definition) is 3. The SMILES string of the molecule is Cc1cnn(CCC(=O)N2[C@H](C)CO[C@@H](c3ccccc3)[C@H]2C)c1. The van der Waals surface area contributed by atoms with Gasteiger partial charge in [-0.3, -0.25) is 9.48 Å². The molecule has 0 bridgehead atoms. The van der Waals surface area contributed by atoms with Crippen LogP contribution in [0.25, 0.3) is 0 Å². The van der Waals surface area contributed by atoms with Crippen LogP contribution in [0.15, 0.2) is 42.7 Å². The lowest BCUT2D eigenvalue weighted by atomic mass is 9.98. The maximum absolute atomic E-state index is 12.8. The van der Waals surface area contributed by atoms with Gasteiger partial charge in [-0.05, 0) is 31.9 Å². The normalized spacial score (nSPS) is 24.1. The predicted octanol–water partition coefficient (Wildman–Crippen LogP) is 2.96. The van der Waals surface area contributed by atoms with E-state index in [0.29, 0.717) is 19.6 Å². The standard InChI is InChI=1S/C19H25N3O2/c1-14-11-20-21(12-14)10-9-18(23)22-15(2)13-24-19(16(22)3)17-7-5-4-6-8-17/h4-8,11-12,15-16,19H,9-10,13H2,1-3H3/t15-,16-,19-/m1/s1. The van der Waals surface area contributed by atoms with Gasteiger partial charge in [0.15, 0.2) is 0 Å². The summed E-state index contributed by atoms with van der Waals surface area (Å²) in [6.45, 7) is 7.30. The van der Waals surface area contributed by atoms with E-state index in [1.54, 1.807) is 0 Å². The average molecular weight is 327 g/mol. The van der Waals surface area contributed by atoms with E-state index in [2.05, 4.69) is 24.2 Å². The lowest BCUT2D eigenvalue weighted by molar-refractivity contribution is -0.153. The first-order valence-electron chi connectivity index (χ1n) is 8.53. The maximum Gasteiger partial charge on any atom is 0.225 e. The largest absolute Gasteiger partial charge is 0.369 e. The van der Waals surface area contributed by atoms with E-state index in [-0.39, 0.29) is 24.1 Å². The van der Waals surface area contributed by atoms with Gasteiger partial charge in [0.05, 0.1) is 24.9 Å². The Balaban J connectivity index is 1.69.